The summed E-state index contributed by atoms with van der Waals surface area (Å²) >= 11 is 0. The van der Waals surface area contributed by atoms with Crippen LogP contribution < -0.4 is 10.5 Å². The van der Waals surface area contributed by atoms with Gasteiger partial charge in [0.05, 0.1) is 24.6 Å². The number of nitrogens with two attached hydrogens (primary N) is 1. The maximum atomic E-state index is 13.2. The Hall–Kier alpha value is -4.32. The summed E-state index contributed by atoms with van der Waals surface area (Å²) < 4.78 is 18.3. The highest BCUT2D eigenvalue weighted by molar-refractivity contribution is 5.98. The zero-order chi connectivity index (χ0) is 30.0. The predicted octanol–water partition coefficient (Wildman–Crippen LogP) is 4.18. The number of benzene rings is 2. The zero-order valence-corrected chi connectivity index (χ0v) is 24.8. The van der Waals surface area contributed by atoms with Gasteiger partial charge in [0, 0.05) is 58.6 Å². The van der Waals surface area contributed by atoms with Crippen molar-refractivity contribution >= 4 is 22.8 Å². The van der Waals surface area contributed by atoms with Gasteiger partial charge in [-0.05, 0) is 49.2 Å². The summed E-state index contributed by atoms with van der Waals surface area (Å²) in [4.78, 5) is 26.1. The lowest BCUT2D eigenvalue weighted by Crippen LogP contribution is -2.40. The summed E-state index contributed by atoms with van der Waals surface area (Å²) in [6.45, 7) is 4.66. The van der Waals surface area contributed by atoms with Gasteiger partial charge >= 0.3 is 0 Å². The summed E-state index contributed by atoms with van der Waals surface area (Å²) in [5, 5.41) is 5.70. The van der Waals surface area contributed by atoms with E-state index in [0.29, 0.717) is 55.4 Å². The van der Waals surface area contributed by atoms with Crippen molar-refractivity contribution in [3.05, 3.63) is 73.1 Å². The highest BCUT2D eigenvalue weighted by Gasteiger charge is 2.28. The van der Waals surface area contributed by atoms with Crippen molar-refractivity contribution in [2.75, 3.05) is 65.9 Å². The van der Waals surface area contributed by atoms with Crippen LogP contribution in [0.15, 0.2) is 73.1 Å². The number of hydrogen-bond donors (Lipinski definition) is 1. The van der Waals surface area contributed by atoms with Gasteiger partial charge in [-0.1, -0.05) is 24.3 Å². The minimum atomic E-state index is -0.0442. The Morgan fingerprint density at radius 2 is 1.74 bits per heavy atom. The molecule has 1 atom stereocenters. The smallest absolute Gasteiger partial charge is 0.246 e. The fourth-order valence-electron chi connectivity index (χ4n) is 5.26. The minimum Gasteiger partial charge on any atom is -0.457 e. The summed E-state index contributed by atoms with van der Waals surface area (Å²) in [7, 11) is 3.37. The molecule has 0 saturated carbocycles. The predicted molar refractivity (Wildman–Crippen MR) is 166 cm³/mol. The quantitative estimate of drug-likeness (QED) is 0.230. The number of carbonyl (C=O) groups is 1. The molecule has 5 rings (SSSR count). The molecule has 2 aromatic carbocycles. The number of anilines is 1. The van der Waals surface area contributed by atoms with Gasteiger partial charge in [0.1, 0.15) is 29.3 Å². The molecule has 2 aromatic heterocycles. The highest BCUT2D eigenvalue weighted by atomic mass is 16.5. The van der Waals surface area contributed by atoms with Crippen molar-refractivity contribution in [1.82, 2.24) is 29.5 Å². The van der Waals surface area contributed by atoms with Gasteiger partial charge in [-0.15, -0.1) is 0 Å². The van der Waals surface area contributed by atoms with E-state index >= 15 is 0 Å². The van der Waals surface area contributed by atoms with Crippen LogP contribution in [-0.2, 0) is 14.3 Å². The maximum absolute atomic E-state index is 13.2. The fraction of sp³-hybridized carbons (Fsp3) is 0.375. The van der Waals surface area contributed by atoms with Gasteiger partial charge in [-0.25, -0.2) is 14.6 Å². The molecule has 4 aromatic rings. The Balaban J connectivity index is 1.32. The molecule has 43 heavy (non-hydrogen) atoms. The minimum absolute atomic E-state index is 0.0111. The second kappa shape index (κ2) is 14.7. The molecule has 0 aliphatic carbocycles. The van der Waals surface area contributed by atoms with Crippen LogP contribution in [0.25, 0.3) is 22.3 Å². The molecular formula is C32H39N7O4. The van der Waals surface area contributed by atoms with Crippen molar-refractivity contribution in [3.8, 4) is 22.8 Å². The molecule has 1 aliphatic heterocycles. The van der Waals surface area contributed by atoms with E-state index in [1.54, 1.807) is 20.3 Å². The van der Waals surface area contributed by atoms with Gasteiger partial charge in [0.15, 0.2) is 5.65 Å². The molecule has 226 valence electrons. The van der Waals surface area contributed by atoms with E-state index in [4.69, 9.17) is 25.0 Å². The topological polar surface area (TPSA) is 121 Å². The van der Waals surface area contributed by atoms with E-state index in [2.05, 4.69) is 14.9 Å². The average Bonchev–Trinajstić information content (AvgIpc) is 3.44. The standard InChI is InChI=1S/C32H39N7O4/c1-41-20-18-37(19-21-42-2)16-7-11-28(40)38-17-6-8-25(22-38)39-32-29(31(33)34-23-35-32)30(36-39)24-12-14-27(15-13-24)43-26-9-4-3-5-10-26/h3-5,7,9-15,23,25H,6,8,16-22H2,1-2H3,(H2,33,34,35). The molecule has 1 unspecified atom stereocenters. The number of carbonyl (C=O) groups excluding carboxylic acids is 1. The van der Waals surface area contributed by atoms with Crippen LogP contribution in [0.4, 0.5) is 5.82 Å². The summed E-state index contributed by atoms with van der Waals surface area (Å²) in [6, 6.07) is 17.3. The number of aromatic nitrogens is 4. The lowest BCUT2D eigenvalue weighted by molar-refractivity contribution is -0.127. The third-order valence-corrected chi connectivity index (χ3v) is 7.53. The van der Waals surface area contributed by atoms with Crippen molar-refractivity contribution < 1.29 is 19.0 Å². The first kappa shape index (κ1) is 30.1. The first-order chi connectivity index (χ1) is 21.1. The molecule has 1 amide bonds. The number of nitrogen functional groups attached to an aromatic ring is 1. The molecule has 1 aliphatic rings. The van der Waals surface area contributed by atoms with Crippen LogP contribution in [0.5, 0.6) is 11.5 Å². The molecule has 0 bridgehead atoms. The van der Waals surface area contributed by atoms with E-state index in [1.165, 1.54) is 6.33 Å². The maximum Gasteiger partial charge on any atom is 0.246 e. The SMILES string of the molecule is COCCN(CC=CC(=O)N1CCCC(n2nc(-c3ccc(Oc4ccccc4)cc3)c3c(N)ncnc32)C1)CCOC. The van der Waals surface area contributed by atoms with E-state index in [0.717, 1.165) is 43.0 Å². The zero-order valence-electron chi connectivity index (χ0n) is 24.8. The number of rotatable bonds is 13. The summed E-state index contributed by atoms with van der Waals surface area (Å²) in [6.07, 6.45) is 6.78. The van der Waals surface area contributed by atoms with E-state index in [9.17, 15) is 4.79 Å². The Kier molecular flexibility index (Phi) is 10.3. The van der Waals surface area contributed by atoms with Crippen LogP contribution >= 0.6 is 0 Å². The molecule has 11 nitrogen and oxygen atoms in total. The molecule has 3 heterocycles. The average molecular weight is 586 g/mol. The molecule has 1 fully saturated rings. The van der Waals surface area contributed by atoms with E-state index < -0.39 is 0 Å². The number of ether oxygens (including phenoxy) is 3. The van der Waals surface area contributed by atoms with Crippen molar-refractivity contribution in [3.63, 3.8) is 0 Å². The Morgan fingerprint density at radius 1 is 1.02 bits per heavy atom. The van der Waals surface area contributed by atoms with Crippen LogP contribution in [0.3, 0.4) is 0 Å². The lowest BCUT2D eigenvalue weighted by Gasteiger charge is -2.32. The number of amides is 1. The molecule has 1 saturated heterocycles. The molecule has 0 radical (unpaired) electrons. The first-order valence-corrected chi connectivity index (χ1v) is 14.5. The Labute approximate surface area is 251 Å². The van der Waals surface area contributed by atoms with Crippen LogP contribution in [0, 0.1) is 0 Å². The number of piperidine rings is 1. The van der Waals surface area contributed by atoms with Gasteiger partial charge in [-0.2, -0.15) is 5.10 Å². The first-order valence-electron chi connectivity index (χ1n) is 14.5. The van der Waals surface area contributed by atoms with Crippen molar-refractivity contribution in [1.29, 1.82) is 0 Å². The second-order valence-corrected chi connectivity index (χ2v) is 10.5. The van der Waals surface area contributed by atoms with Crippen molar-refractivity contribution in [2.24, 2.45) is 0 Å². The van der Waals surface area contributed by atoms with E-state index in [1.807, 2.05) is 70.3 Å². The number of nitrogens with zero attached hydrogens (tertiary/aromatic N) is 6. The Bertz CT molecular complexity index is 1500. The second-order valence-electron chi connectivity index (χ2n) is 10.5. The normalized spacial score (nSPS) is 15.5. The van der Waals surface area contributed by atoms with E-state index in [-0.39, 0.29) is 11.9 Å². The van der Waals surface area contributed by atoms with Gasteiger partial charge < -0.3 is 24.8 Å². The summed E-state index contributed by atoms with van der Waals surface area (Å²) in [5.74, 6) is 1.85. The van der Waals surface area contributed by atoms with Crippen LogP contribution in [-0.4, -0.2) is 95.6 Å². The molecular weight excluding hydrogens is 546 g/mol. The lowest BCUT2D eigenvalue weighted by atomic mass is 10.1. The third-order valence-electron chi connectivity index (χ3n) is 7.53. The highest BCUT2D eigenvalue weighted by Crippen LogP contribution is 2.35. The number of para-hydroxylation sites is 1. The number of likely N-dealkylation sites (tertiary alicyclic amines) is 1. The summed E-state index contributed by atoms with van der Waals surface area (Å²) in [5.41, 5.74) is 8.61. The fourth-order valence-corrected chi connectivity index (χ4v) is 5.26. The Morgan fingerprint density at radius 3 is 2.47 bits per heavy atom. The number of methoxy groups -OCH3 is 2. The largest absolute Gasteiger partial charge is 0.457 e. The molecule has 0 spiro atoms. The van der Waals surface area contributed by atoms with Gasteiger partial charge in [0.25, 0.3) is 0 Å². The monoisotopic (exact) mass is 585 g/mol. The number of fused-ring (bicyclic) bond motifs is 1. The third kappa shape index (κ3) is 7.56. The van der Waals surface area contributed by atoms with Gasteiger partial charge in [-0.3, -0.25) is 9.69 Å². The molecule has 11 heteroatoms. The van der Waals surface area contributed by atoms with Crippen LogP contribution in [0.1, 0.15) is 18.9 Å². The molecule has 2 N–H and O–H groups in total. The van der Waals surface area contributed by atoms with Crippen LogP contribution in [0.2, 0.25) is 0 Å². The van der Waals surface area contributed by atoms with Crippen molar-refractivity contribution in [2.45, 2.75) is 18.9 Å². The number of hydrogen-bond acceptors (Lipinski definition) is 9. The van der Waals surface area contributed by atoms with Gasteiger partial charge in [0.2, 0.25) is 5.91 Å².